The SMILES string of the molecule is Cc1ccc(-n2c(C=Cc3ccccc3F)nc3ccccc3c2=O)cc1C. The highest BCUT2D eigenvalue weighted by molar-refractivity contribution is 5.80. The highest BCUT2D eigenvalue weighted by atomic mass is 19.1. The second-order valence-electron chi connectivity index (χ2n) is 6.75. The molecule has 0 aliphatic rings. The lowest BCUT2D eigenvalue weighted by Gasteiger charge is -2.13. The zero-order valence-electron chi connectivity index (χ0n) is 15.7. The van der Waals surface area contributed by atoms with Crippen LogP contribution in [0.2, 0.25) is 0 Å². The summed E-state index contributed by atoms with van der Waals surface area (Å²) in [5, 5.41) is 0.545. The number of fused-ring (bicyclic) bond motifs is 1. The predicted molar refractivity (Wildman–Crippen MR) is 112 cm³/mol. The van der Waals surface area contributed by atoms with E-state index < -0.39 is 0 Å². The molecule has 4 heteroatoms. The van der Waals surface area contributed by atoms with Gasteiger partial charge in [-0.1, -0.05) is 36.4 Å². The number of aromatic nitrogens is 2. The van der Waals surface area contributed by atoms with Crippen molar-refractivity contribution >= 4 is 23.1 Å². The first-order valence-corrected chi connectivity index (χ1v) is 9.06. The second-order valence-corrected chi connectivity index (χ2v) is 6.75. The molecule has 0 fully saturated rings. The minimum atomic E-state index is -0.320. The number of para-hydroxylation sites is 1. The van der Waals surface area contributed by atoms with E-state index in [1.165, 1.54) is 6.07 Å². The molecule has 28 heavy (non-hydrogen) atoms. The zero-order valence-corrected chi connectivity index (χ0v) is 15.7. The molecule has 4 aromatic rings. The molecule has 0 amide bonds. The topological polar surface area (TPSA) is 34.9 Å². The molecule has 3 nitrogen and oxygen atoms in total. The quantitative estimate of drug-likeness (QED) is 0.490. The van der Waals surface area contributed by atoms with E-state index in [2.05, 4.69) is 4.98 Å². The summed E-state index contributed by atoms with van der Waals surface area (Å²) >= 11 is 0. The number of hydrogen-bond donors (Lipinski definition) is 0. The second kappa shape index (κ2) is 7.24. The Kier molecular flexibility index (Phi) is 4.62. The summed E-state index contributed by atoms with van der Waals surface area (Å²) in [6, 6.07) is 19.6. The van der Waals surface area contributed by atoms with Crippen LogP contribution in [0.15, 0.2) is 71.5 Å². The van der Waals surface area contributed by atoms with Crippen LogP contribution in [0, 0.1) is 19.7 Å². The van der Waals surface area contributed by atoms with E-state index in [1.807, 2.05) is 50.2 Å². The van der Waals surface area contributed by atoms with Gasteiger partial charge in [0.05, 0.1) is 16.6 Å². The van der Waals surface area contributed by atoms with Gasteiger partial charge in [-0.15, -0.1) is 0 Å². The summed E-state index contributed by atoms with van der Waals surface area (Å²) in [4.78, 5) is 17.9. The lowest BCUT2D eigenvalue weighted by molar-refractivity contribution is 0.625. The van der Waals surface area contributed by atoms with Crippen molar-refractivity contribution in [3.05, 3.63) is 105 Å². The minimum Gasteiger partial charge on any atom is -0.268 e. The molecule has 0 spiro atoms. The molecule has 0 bridgehead atoms. The van der Waals surface area contributed by atoms with E-state index in [9.17, 15) is 9.18 Å². The number of benzene rings is 3. The number of rotatable bonds is 3. The Labute approximate surface area is 162 Å². The summed E-state index contributed by atoms with van der Waals surface area (Å²) in [6.07, 6.45) is 3.32. The molecule has 138 valence electrons. The summed E-state index contributed by atoms with van der Waals surface area (Å²) in [5.74, 6) is 0.134. The molecule has 0 saturated heterocycles. The van der Waals surface area contributed by atoms with Gasteiger partial charge >= 0.3 is 0 Å². The number of aryl methyl sites for hydroxylation is 2. The van der Waals surface area contributed by atoms with Crippen molar-refractivity contribution in [3.63, 3.8) is 0 Å². The maximum atomic E-state index is 14.0. The molecular weight excluding hydrogens is 351 g/mol. The smallest absolute Gasteiger partial charge is 0.266 e. The Hall–Kier alpha value is -3.53. The molecule has 0 atom stereocenters. The van der Waals surface area contributed by atoms with Crippen molar-refractivity contribution < 1.29 is 4.39 Å². The van der Waals surface area contributed by atoms with Crippen LogP contribution >= 0.6 is 0 Å². The number of hydrogen-bond acceptors (Lipinski definition) is 2. The molecule has 0 aliphatic carbocycles. The average molecular weight is 370 g/mol. The van der Waals surface area contributed by atoms with E-state index in [0.29, 0.717) is 22.3 Å². The van der Waals surface area contributed by atoms with Gasteiger partial charge in [-0.2, -0.15) is 0 Å². The molecule has 0 N–H and O–H groups in total. The molecule has 4 rings (SSSR count). The summed E-state index contributed by atoms with van der Waals surface area (Å²) in [7, 11) is 0. The van der Waals surface area contributed by atoms with Gasteiger partial charge < -0.3 is 0 Å². The maximum absolute atomic E-state index is 14.0. The van der Waals surface area contributed by atoms with E-state index in [1.54, 1.807) is 41.0 Å². The van der Waals surface area contributed by atoms with Crippen LogP contribution < -0.4 is 5.56 Å². The van der Waals surface area contributed by atoms with Crippen molar-refractivity contribution in [2.75, 3.05) is 0 Å². The van der Waals surface area contributed by atoms with Crippen molar-refractivity contribution in [2.45, 2.75) is 13.8 Å². The van der Waals surface area contributed by atoms with Crippen LogP contribution in [0.5, 0.6) is 0 Å². The summed E-state index contributed by atoms with van der Waals surface area (Å²) < 4.78 is 15.6. The third-order valence-corrected chi connectivity index (χ3v) is 4.87. The van der Waals surface area contributed by atoms with Crippen LogP contribution in [-0.4, -0.2) is 9.55 Å². The lowest BCUT2D eigenvalue weighted by Crippen LogP contribution is -2.22. The molecule has 1 aromatic heterocycles. The third-order valence-electron chi connectivity index (χ3n) is 4.87. The molecule has 0 aliphatic heterocycles. The fraction of sp³-hybridized carbons (Fsp3) is 0.0833. The Morgan fingerprint density at radius 3 is 2.43 bits per heavy atom. The molecule has 0 radical (unpaired) electrons. The predicted octanol–water partition coefficient (Wildman–Crippen LogP) is 5.31. The van der Waals surface area contributed by atoms with E-state index >= 15 is 0 Å². The Balaban J connectivity index is 1.97. The normalized spacial score (nSPS) is 11.4. The largest absolute Gasteiger partial charge is 0.268 e. The van der Waals surface area contributed by atoms with Crippen molar-refractivity contribution in [3.8, 4) is 5.69 Å². The first kappa shape index (κ1) is 17.9. The molecular formula is C24H19FN2O. The van der Waals surface area contributed by atoms with E-state index in [-0.39, 0.29) is 11.4 Å². The highest BCUT2D eigenvalue weighted by Crippen LogP contribution is 2.18. The third kappa shape index (κ3) is 3.25. The van der Waals surface area contributed by atoms with Crippen molar-refractivity contribution in [1.29, 1.82) is 0 Å². The van der Waals surface area contributed by atoms with Crippen LogP contribution in [0.3, 0.4) is 0 Å². The molecule has 1 heterocycles. The highest BCUT2D eigenvalue weighted by Gasteiger charge is 2.11. The average Bonchev–Trinajstić information content (AvgIpc) is 2.70. The number of halogens is 1. The van der Waals surface area contributed by atoms with E-state index in [0.717, 1.165) is 16.8 Å². The standard InChI is InChI=1S/C24H19FN2O/c1-16-11-13-19(15-17(16)2)27-23(14-12-18-7-3-5-9-21(18)25)26-22-10-6-4-8-20(22)24(27)28/h3-15H,1-2H3. The Bertz CT molecular complexity index is 1270. The van der Waals surface area contributed by atoms with Gasteiger partial charge in [0.2, 0.25) is 0 Å². The fourth-order valence-corrected chi connectivity index (χ4v) is 3.15. The van der Waals surface area contributed by atoms with Gasteiger partial charge in [-0.05, 0) is 67.5 Å². The number of nitrogens with zero attached hydrogens (tertiary/aromatic N) is 2. The van der Waals surface area contributed by atoms with Crippen LogP contribution in [-0.2, 0) is 0 Å². The van der Waals surface area contributed by atoms with Crippen molar-refractivity contribution in [2.24, 2.45) is 0 Å². The lowest BCUT2D eigenvalue weighted by atomic mass is 10.1. The van der Waals surface area contributed by atoms with Crippen LogP contribution in [0.1, 0.15) is 22.5 Å². The Morgan fingerprint density at radius 2 is 1.64 bits per heavy atom. The van der Waals surface area contributed by atoms with Crippen molar-refractivity contribution in [1.82, 2.24) is 9.55 Å². The van der Waals surface area contributed by atoms with Crippen LogP contribution in [0.25, 0.3) is 28.7 Å². The first-order chi connectivity index (χ1) is 13.5. The Morgan fingerprint density at radius 1 is 0.893 bits per heavy atom. The minimum absolute atomic E-state index is 0.151. The zero-order chi connectivity index (χ0) is 19.7. The van der Waals surface area contributed by atoms with Gasteiger partial charge in [-0.25, -0.2) is 9.37 Å². The summed E-state index contributed by atoms with van der Waals surface area (Å²) in [5.41, 5.74) is 3.87. The van der Waals surface area contributed by atoms with Gasteiger partial charge in [0.25, 0.3) is 5.56 Å². The maximum Gasteiger partial charge on any atom is 0.266 e. The van der Waals surface area contributed by atoms with Gasteiger partial charge in [0.1, 0.15) is 11.6 Å². The van der Waals surface area contributed by atoms with Crippen LogP contribution in [0.4, 0.5) is 4.39 Å². The monoisotopic (exact) mass is 370 g/mol. The summed E-state index contributed by atoms with van der Waals surface area (Å²) in [6.45, 7) is 4.03. The van der Waals surface area contributed by atoms with Gasteiger partial charge in [0, 0.05) is 5.56 Å². The van der Waals surface area contributed by atoms with Gasteiger partial charge in [-0.3, -0.25) is 9.36 Å². The first-order valence-electron chi connectivity index (χ1n) is 9.06. The van der Waals surface area contributed by atoms with Gasteiger partial charge in [0.15, 0.2) is 0 Å². The van der Waals surface area contributed by atoms with E-state index in [4.69, 9.17) is 0 Å². The fourth-order valence-electron chi connectivity index (χ4n) is 3.15. The molecule has 0 unspecified atom stereocenters. The molecule has 3 aromatic carbocycles. The molecule has 0 saturated carbocycles.